The molecule has 2 rings (SSSR count). The molecule has 0 radical (unpaired) electrons. The van der Waals surface area contributed by atoms with Crippen molar-refractivity contribution in [3.05, 3.63) is 51.8 Å². The Morgan fingerprint density at radius 2 is 2.14 bits per heavy atom. The summed E-state index contributed by atoms with van der Waals surface area (Å²) >= 11 is 3.33. The van der Waals surface area contributed by atoms with E-state index in [-0.39, 0.29) is 5.91 Å². The van der Waals surface area contributed by atoms with Gasteiger partial charge in [0.25, 0.3) is 5.91 Å². The minimum absolute atomic E-state index is 0.324. The third kappa shape index (κ3) is 3.52. The molecule has 1 aromatic heterocycles. The molecule has 0 spiro atoms. The van der Waals surface area contributed by atoms with E-state index in [1.54, 1.807) is 18.3 Å². The molecule has 0 unspecified atom stereocenters. The molecule has 0 fully saturated rings. The first kappa shape index (κ1) is 15.3. The second kappa shape index (κ2) is 6.58. The van der Waals surface area contributed by atoms with E-state index in [2.05, 4.69) is 26.5 Å². The number of benzene rings is 1. The summed E-state index contributed by atoms with van der Waals surface area (Å²) in [6.07, 6.45) is 1.61. The van der Waals surface area contributed by atoms with Gasteiger partial charge in [0.2, 0.25) is 0 Å². The van der Waals surface area contributed by atoms with Gasteiger partial charge in [-0.15, -0.1) is 0 Å². The number of amides is 1. The van der Waals surface area contributed by atoms with Crippen LogP contribution in [0.5, 0.6) is 5.75 Å². The highest BCUT2D eigenvalue weighted by molar-refractivity contribution is 9.10. The molecule has 0 aliphatic carbocycles. The number of halogens is 1. The van der Waals surface area contributed by atoms with Crippen molar-refractivity contribution in [2.45, 2.75) is 6.92 Å². The lowest BCUT2D eigenvalue weighted by Gasteiger charge is -2.07. The van der Waals surface area contributed by atoms with Crippen LogP contribution in [0.2, 0.25) is 0 Å². The van der Waals surface area contributed by atoms with Gasteiger partial charge in [0.15, 0.2) is 0 Å². The quantitative estimate of drug-likeness (QED) is 0.681. The largest absolute Gasteiger partial charge is 0.496 e. The highest BCUT2D eigenvalue weighted by Gasteiger charge is 2.12. The lowest BCUT2D eigenvalue weighted by Crippen LogP contribution is -2.18. The number of aryl methyl sites for hydroxylation is 1. The van der Waals surface area contributed by atoms with Crippen LogP contribution in [-0.2, 0) is 7.05 Å². The standard InChI is InChI=1S/C15H16BrN3O2/c1-10-4-6-12(19(10)2)9-17-18-15(20)13-8-11(16)5-7-14(13)21-3/h4-9H,1-3H3,(H,18,20)/b17-9+. The molecule has 0 saturated heterocycles. The second-order valence-corrected chi connectivity index (χ2v) is 5.42. The Bertz CT molecular complexity index is 692. The van der Waals surface area contributed by atoms with Crippen LogP contribution in [0.1, 0.15) is 21.7 Å². The molecular weight excluding hydrogens is 334 g/mol. The van der Waals surface area contributed by atoms with E-state index in [1.807, 2.05) is 36.7 Å². The van der Waals surface area contributed by atoms with E-state index in [0.29, 0.717) is 11.3 Å². The molecular formula is C15H16BrN3O2. The van der Waals surface area contributed by atoms with E-state index >= 15 is 0 Å². The van der Waals surface area contributed by atoms with Crippen LogP contribution in [0.15, 0.2) is 39.9 Å². The van der Waals surface area contributed by atoms with Gasteiger partial charge >= 0.3 is 0 Å². The van der Waals surface area contributed by atoms with Gasteiger partial charge in [-0.2, -0.15) is 5.10 Å². The van der Waals surface area contributed by atoms with E-state index in [4.69, 9.17) is 4.74 Å². The lowest BCUT2D eigenvalue weighted by atomic mass is 10.2. The van der Waals surface area contributed by atoms with Crippen molar-refractivity contribution in [2.24, 2.45) is 12.1 Å². The zero-order chi connectivity index (χ0) is 15.4. The van der Waals surface area contributed by atoms with Crippen molar-refractivity contribution in [2.75, 3.05) is 7.11 Å². The zero-order valence-electron chi connectivity index (χ0n) is 12.1. The highest BCUT2D eigenvalue weighted by Crippen LogP contribution is 2.22. The van der Waals surface area contributed by atoms with Crippen LogP contribution in [0.3, 0.4) is 0 Å². The van der Waals surface area contributed by atoms with Crippen molar-refractivity contribution >= 4 is 28.1 Å². The topological polar surface area (TPSA) is 55.6 Å². The Balaban J connectivity index is 2.12. The molecule has 1 heterocycles. The van der Waals surface area contributed by atoms with Crippen LogP contribution in [0.25, 0.3) is 0 Å². The first-order valence-corrected chi connectivity index (χ1v) is 7.11. The predicted octanol–water partition coefficient (Wildman–Crippen LogP) is 2.87. The number of hydrazone groups is 1. The average molecular weight is 350 g/mol. The molecule has 0 aliphatic rings. The van der Waals surface area contributed by atoms with Crippen molar-refractivity contribution in [3.8, 4) is 5.75 Å². The van der Waals surface area contributed by atoms with Gasteiger partial charge in [-0.25, -0.2) is 5.43 Å². The first-order valence-electron chi connectivity index (χ1n) is 6.32. The molecule has 5 nitrogen and oxygen atoms in total. The monoisotopic (exact) mass is 349 g/mol. The lowest BCUT2D eigenvalue weighted by molar-refractivity contribution is 0.0952. The van der Waals surface area contributed by atoms with E-state index in [9.17, 15) is 4.79 Å². The predicted molar refractivity (Wildman–Crippen MR) is 85.9 cm³/mol. The fourth-order valence-electron chi connectivity index (χ4n) is 1.84. The molecule has 2 aromatic rings. The number of nitrogens with one attached hydrogen (secondary N) is 1. The summed E-state index contributed by atoms with van der Waals surface area (Å²) in [4.78, 5) is 12.1. The Kier molecular flexibility index (Phi) is 4.80. The molecule has 0 aliphatic heterocycles. The van der Waals surface area contributed by atoms with Gasteiger partial charge in [-0.3, -0.25) is 4.79 Å². The molecule has 0 atom stereocenters. The van der Waals surface area contributed by atoms with Crippen LogP contribution in [-0.4, -0.2) is 23.8 Å². The van der Waals surface area contributed by atoms with Gasteiger partial charge in [-0.05, 0) is 37.3 Å². The maximum absolute atomic E-state index is 12.1. The molecule has 6 heteroatoms. The number of hydrogen-bond acceptors (Lipinski definition) is 3. The van der Waals surface area contributed by atoms with Crippen molar-refractivity contribution in [1.29, 1.82) is 0 Å². The Morgan fingerprint density at radius 1 is 1.38 bits per heavy atom. The number of aromatic nitrogens is 1. The van der Waals surface area contributed by atoms with Crippen LogP contribution < -0.4 is 10.2 Å². The van der Waals surface area contributed by atoms with Crippen LogP contribution in [0.4, 0.5) is 0 Å². The van der Waals surface area contributed by atoms with Crippen molar-refractivity contribution < 1.29 is 9.53 Å². The third-order valence-electron chi connectivity index (χ3n) is 3.18. The van der Waals surface area contributed by atoms with Crippen LogP contribution >= 0.6 is 15.9 Å². The minimum atomic E-state index is -0.324. The number of ether oxygens (including phenoxy) is 1. The third-order valence-corrected chi connectivity index (χ3v) is 3.67. The van der Waals surface area contributed by atoms with E-state index in [0.717, 1.165) is 15.9 Å². The minimum Gasteiger partial charge on any atom is -0.496 e. The van der Waals surface area contributed by atoms with Gasteiger partial charge in [0.1, 0.15) is 5.75 Å². The van der Waals surface area contributed by atoms with Gasteiger partial charge in [0.05, 0.1) is 24.6 Å². The summed E-state index contributed by atoms with van der Waals surface area (Å²) in [5, 5.41) is 3.98. The first-order chi connectivity index (χ1) is 10.0. The molecule has 1 aromatic carbocycles. The number of carbonyl (C=O) groups is 1. The fraction of sp³-hybridized carbons (Fsp3) is 0.200. The number of nitrogens with zero attached hydrogens (tertiary/aromatic N) is 2. The number of hydrogen-bond donors (Lipinski definition) is 1. The molecule has 0 bridgehead atoms. The molecule has 110 valence electrons. The Hall–Kier alpha value is -2.08. The van der Waals surface area contributed by atoms with Gasteiger partial charge in [0, 0.05) is 17.2 Å². The fourth-order valence-corrected chi connectivity index (χ4v) is 2.20. The second-order valence-electron chi connectivity index (χ2n) is 4.50. The van der Waals surface area contributed by atoms with Gasteiger partial charge < -0.3 is 9.30 Å². The SMILES string of the molecule is COc1ccc(Br)cc1C(=O)N/N=C/c1ccc(C)n1C. The maximum atomic E-state index is 12.1. The zero-order valence-corrected chi connectivity index (χ0v) is 13.6. The van der Waals surface area contributed by atoms with E-state index < -0.39 is 0 Å². The molecule has 21 heavy (non-hydrogen) atoms. The van der Waals surface area contributed by atoms with Gasteiger partial charge in [-0.1, -0.05) is 15.9 Å². The van der Waals surface area contributed by atoms with Crippen molar-refractivity contribution in [1.82, 2.24) is 9.99 Å². The van der Waals surface area contributed by atoms with Crippen LogP contribution in [0, 0.1) is 6.92 Å². The summed E-state index contributed by atoms with van der Waals surface area (Å²) in [7, 11) is 3.46. The Labute approximate surface area is 131 Å². The summed E-state index contributed by atoms with van der Waals surface area (Å²) in [5.74, 6) is 0.177. The number of methoxy groups -OCH3 is 1. The summed E-state index contributed by atoms with van der Waals surface area (Å²) in [6, 6.07) is 9.15. The summed E-state index contributed by atoms with van der Waals surface area (Å²) < 4.78 is 7.95. The summed E-state index contributed by atoms with van der Waals surface area (Å²) in [6.45, 7) is 2.00. The number of rotatable bonds is 4. The normalized spacial score (nSPS) is 10.9. The smallest absolute Gasteiger partial charge is 0.275 e. The van der Waals surface area contributed by atoms with E-state index in [1.165, 1.54) is 7.11 Å². The molecule has 0 saturated carbocycles. The number of carbonyl (C=O) groups excluding carboxylic acids is 1. The Morgan fingerprint density at radius 3 is 2.76 bits per heavy atom. The maximum Gasteiger partial charge on any atom is 0.275 e. The highest BCUT2D eigenvalue weighted by atomic mass is 79.9. The van der Waals surface area contributed by atoms with Crippen molar-refractivity contribution in [3.63, 3.8) is 0 Å². The summed E-state index contributed by atoms with van der Waals surface area (Å²) in [5.41, 5.74) is 4.96. The average Bonchev–Trinajstić information content (AvgIpc) is 2.79. The molecule has 1 N–H and O–H groups in total. The molecule has 1 amide bonds.